The molecule has 0 bridgehead atoms. The minimum Gasteiger partial charge on any atom is -0.452 e. The Morgan fingerprint density at radius 2 is 2.07 bits per heavy atom. The van der Waals surface area contributed by atoms with Gasteiger partial charge in [-0.2, -0.15) is 0 Å². The minimum atomic E-state index is -0.924. The number of aryl methyl sites for hydroxylation is 1. The van der Waals surface area contributed by atoms with Gasteiger partial charge in [-0.1, -0.05) is 25.6 Å². The third-order valence-corrected chi connectivity index (χ3v) is 5.58. The van der Waals surface area contributed by atoms with Crippen molar-refractivity contribution in [2.45, 2.75) is 30.0 Å². The Morgan fingerprint density at radius 1 is 1.33 bits per heavy atom. The van der Waals surface area contributed by atoms with Crippen LogP contribution in [0.1, 0.15) is 29.9 Å². The molecular formula is C18H20N4O6S2. The van der Waals surface area contributed by atoms with Crippen LogP contribution in [0.2, 0.25) is 0 Å². The van der Waals surface area contributed by atoms with E-state index >= 15 is 0 Å². The molecule has 12 heteroatoms. The number of non-ortho nitro benzene ring substituents is 1. The summed E-state index contributed by atoms with van der Waals surface area (Å²) in [4.78, 5) is 51.0. The number of urea groups is 1. The van der Waals surface area contributed by atoms with Crippen LogP contribution >= 0.6 is 23.1 Å². The third kappa shape index (κ3) is 7.12. The summed E-state index contributed by atoms with van der Waals surface area (Å²) < 4.78 is 5.60. The molecule has 0 spiro atoms. The highest BCUT2D eigenvalue weighted by Gasteiger charge is 2.21. The Morgan fingerprint density at radius 3 is 2.67 bits per heavy atom. The number of thiazole rings is 1. The molecule has 1 heterocycles. The topological polar surface area (TPSA) is 141 Å². The maximum absolute atomic E-state index is 12.5. The van der Waals surface area contributed by atoms with Crippen LogP contribution in [-0.2, 0) is 9.53 Å². The van der Waals surface area contributed by atoms with E-state index in [0.29, 0.717) is 15.8 Å². The van der Waals surface area contributed by atoms with E-state index in [-0.39, 0.29) is 17.2 Å². The molecule has 1 aromatic carbocycles. The van der Waals surface area contributed by atoms with E-state index in [2.05, 4.69) is 10.3 Å². The van der Waals surface area contributed by atoms with Crippen molar-refractivity contribution < 1.29 is 24.0 Å². The fourth-order valence-electron chi connectivity index (χ4n) is 2.07. The van der Waals surface area contributed by atoms with Gasteiger partial charge in [-0.3, -0.25) is 20.2 Å². The molecule has 0 saturated carbocycles. The first-order chi connectivity index (χ1) is 14.2. The molecule has 0 unspecified atom stereocenters. The maximum Gasteiger partial charge on any atom is 0.340 e. The van der Waals surface area contributed by atoms with Crippen molar-refractivity contribution in [1.82, 2.24) is 15.6 Å². The molecule has 160 valence electrons. The van der Waals surface area contributed by atoms with Gasteiger partial charge < -0.3 is 10.1 Å². The number of esters is 1. The number of carbonyl (C=O) groups is 3. The van der Waals surface area contributed by atoms with Gasteiger partial charge in [-0.25, -0.2) is 14.6 Å². The molecule has 0 aliphatic heterocycles. The fraction of sp³-hybridized carbons (Fsp3) is 0.333. The van der Waals surface area contributed by atoms with Crippen LogP contribution < -0.4 is 10.6 Å². The number of imide groups is 1. The van der Waals surface area contributed by atoms with Gasteiger partial charge in [0.1, 0.15) is 0 Å². The predicted octanol–water partition coefficient (Wildman–Crippen LogP) is 3.15. The van der Waals surface area contributed by atoms with Crippen molar-refractivity contribution in [3.8, 4) is 0 Å². The summed E-state index contributed by atoms with van der Waals surface area (Å²) >= 11 is 2.52. The third-order valence-electron chi connectivity index (χ3n) is 3.45. The van der Waals surface area contributed by atoms with E-state index in [4.69, 9.17) is 4.74 Å². The Labute approximate surface area is 180 Å². The van der Waals surface area contributed by atoms with Crippen LogP contribution in [0.5, 0.6) is 0 Å². The number of carbonyl (C=O) groups excluding carboxylic acids is 3. The summed E-state index contributed by atoms with van der Waals surface area (Å²) in [6.45, 7) is 5.28. The van der Waals surface area contributed by atoms with E-state index in [1.807, 2.05) is 31.5 Å². The molecule has 0 atom stereocenters. The van der Waals surface area contributed by atoms with Crippen molar-refractivity contribution in [3.05, 3.63) is 45.0 Å². The number of nitrogens with one attached hydrogen (secondary N) is 2. The Balaban J connectivity index is 2.07. The normalized spacial score (nSPS) is 10.5. The quantitative estimate of drug-likeness (QED) is 0.353. The molecule has 0 saturated heterocycles. The number of hydrogen-bond donors (Lipinski definition) is 2. The molecule has 30 heavy (non-hydrogen) atoms. The van der Waals surface area contributed by atoms with Crippen LogP contribution in [0, 0.1) is 23.0 Å². The molecule has 3 amide bonds. The van der Waals surface area contributed by atoms with Crippen LogP contribution in [-0.4, -0.2) is 41.0 Å². The number of benzene rings is 1. The minimum absolute atomic E-state index is 0.0703. The van der Waals surface area contributed by atoms with Gasteiger partial charge in [0.15, 0.2) is 10.9 Å². The summed E-state index contributed by atoms with van der Waals surface area (Å²) in [6.07, 6.45) is 0. The number of aromatic nitrogens is 1. The standard InChI is InChI=1S/C18H20N4O6S2/c1-10(2)7-19-17(25)21-15(23)8-28-16(24)13-6-12(22(26)27)4-5-14(13)30-18-20-11(3)9-29-18/h4-6,9-10H,7-8H2,1-3H3,(H2,19,21,23,25). The molecule has 0 aliphatic rings. The number of rotatable bonds is 8. The largest absolute Gasteiger partial charge is 0.452 e. The van der Waals surface area contributed by atoms with Crippen molar-refractivity contribution in [1.29, 1.82) is 0 Å². The number of amides is 3. The van der Waals surface area contributed by atoms with Gasteiger partial charge in [0, 0.05) is 34.6 Å². The summed E-state index contributed by atoms with van der Waals surface area (Å²) in [6, 6.07) is 3.08. The van der Waals surface area contributed by atoms with E-state index in [9.17, 15) is 24.5 Å². The van der Waals surface area contributed by atoms with Crippen LogP contribution in [0.3, 0.4) is 0 Å². The number of nitro groups is 1. The van der Waals surface area contributed by atoms with Gasteiger partial charge in [0.05, 0.1) is 10.5 Å². The number of nitrogens with zero attached hydrogens (tertiary/aromatic N) is 2. The van der Waals surface area contributed by atoms with Crippen molar-refractivity contribution in [2.24, 2.45) is 5.92 Å². The molecular weight excluding hydrogens is 432 g/mol. The Hall–Kier alpha value is -2.99. The first-order valence-electron chi connectivity index (χ1n) is 8.79. The SMILES string of the molecule is Cc1csc(Sc2ccc([N+](=O)[O-])cc2C(=O)OCC(=O)NC(=O)NCC(C)C)n1. The lowest BCUT2D eigenvalue weighted by Crippen LogP contribution is -2.42. The van der Waals surface area contributed by atoms with Gasteiger partial charge in [0.25, 0.3) is 11.6 Å². The zero-order valence-electron chi connectivity index (χ0n) is 16.5. The summed E-state index contributed by atoms with van der Waals surface area (Å²) in [5.74, 6) is -1.54. The van der Waals surface area contributed by atoms with Crippen LogP contribution in [0.15, 0.2) is 32.8 Å². The predicted molar refractivity (Wildman–Crippen MR) is 111 cm³/mol. The molecule has 0 fully saturated rings. The second-order valence-corrected chi connectivity index (χ2v) is 8.67. The number of hydrogen-bond acceptors (Lipinski definition) is 9. The zero-order chi connectivity index (χ0) is 22.3. The smallest absolute Gasteiger partial charge is 0.340 e. The van der Waals surface area contributed by atoms with Gasteiger partial charge in [-0.15, -0.1) is 11.3 Å². The van der Waals surface area contributed by atoms with Gasteiger partial charge in [-0.05, 0) is 18.9 Å². The molecule has 0 radical (unpaired) electrons. The second-order valence-electron chi connectivity index (χ2n) is 6.52. The van der Waals surface area contributed by atoms with Gasteiger partial charge >= 0.3 is 12.0 Å². The first-order valence-corrected chi connectivity index (χ1v) is 10.5. The maximum atomic E-state index is 12.5. The molecule has 1 aromatic heterocycles. The molecule has 10 nitrogen and oxygen atoms in total. The molecule has 2 rings (SSSR count). The molecule has 2 aromatic rings. The molecule has 2 N–H and O–H groups in total. The highest BCUT2D eigenvalue weighted by atomic mass is 32.2. The average Bonchev–Trinajstić information content (AvgIpc) is 3.09. The summed E-state index contributed by atoms with van der Waals surface area (Å²) in [5, 5.41) is 17.4. The lowest BCUT2D eigenvalue weighted by molar-refractivity contribution is -0.384. The van der Waals surface area contributed by atoms with Gasteiger partial charge in [0.2, 0.25) is 0 Å². The Bertz CT molecular complexity index is 960. The van der Waals surface area contributed by atoms with Crippen molar-refractivity contribution >= 4 is 46.7 Å². The highest BCUT2D eigenvalue weighted by molar-refractivity contribution is 8.01. The lowest BCUT2D eigenvalue weighted by Gasteiger charge is -2.10. The number of ether oxygens (including phenoxy) is 1. The van der Waals surface area contributed by atoms with Crippen LogP contribution in [0.4, 0.5) is 10.5 Å². The van der Waals surface area contributed by atoms with E-state index < -0.39 is 29.4 Å². The highest BCUT2D eigenvalue weighted by Crippen LogP contribution is 2.34. The number of nitro benzene ring substituents is 1. The lowest BCUT2D eigenvalue weighted by atomic mass is 10.2. The van der Waals surface area contributed by atoms with E-state index in [0.717, 1.165) is 23.5 Å². The summed E-state index contributed by atoms with van der Waals surface area (Å²) in [7, 11) is 0. The second kappa shape index (κ2) is 10.7. The van der Waals surface area contributed by atoms with Crippen molar-refractivity contribution in [2.75, 3.05) is 13.2 Å². The zero-order valence-corrected chi connectivity index (χ0v) is 18.1. The van der Waals surface area contributed by atoms with Crippen molar-refractivity contribution in [3.63, 3.8) is 0 Å². The monoisotopic (exact) mass is 452 g/mol. The van der Waals surface area contributed by atoms with Crippen LogP contribution in [0.25, 0.3) is 0 Å². The Kier molecular flexibility index (Phi) is 8.30. The first kappa shape index (κ1) is 23.3. The summed E-state index contributed by atoms with van der Waals surface area (Å²) in [5.41, 5.74) is 0.444. The van der Waals surface area contributed by atoms with E-state index in [1.165, 1.54) is 23.5 Å². The van der Waals surface area contributed by atoms with E-state index in [1.54, 1.807) is 0 Å². The average molecular weight is 453 g/mol. The molecule has 0 aliphatic carbocycles. The fourth-order valence-corrected chi connectivity index (χ4v) is 3.96.